The number of morpholine rings is 1. The van der Waals surface area contributed by atoms with Gasteiger partial charge in [0.15, 0.2) is 5.82 Å². The second-order valence-electron chi connectivity index (χ2n) is 9.71. The second kappa shape index (κ2) is 12.4. The summed E-state index contributed by atoms with van der Waals surface area (Å²) in [6.07, 6.45) is 4.92. The Kier molecular flexibility index (Phi) is 8.36. The molecule has 2 amide bonds. The Morgan fingerprint density at radius 3 is 2.41 bits per heavy atom. The molecule has 4 aromatic rings. The van der Waals surface area contributed by atoms with Crippen molar-refractivity contribution in [3.63, 3.8) is 0 Å². The number of aryl methyl sites for hydroxylation is 1. The van der Waals surface area contributed by atoms with Gasteiger partial charge < -0.3 is 24.8 Å². The number of nitrogens with zero attached hydrogens (tertiary/aromatic N) is 3. The predicted octanol–water partition coefficient (Wildman–Crippen LogP) is 4.62. The average molecular weight is 550 g/mol. The standard InChI is InChI=1S/C32H31N5O4/c1-22-26(9-6-10-27(22)34-29(38)16-11-23-7-4-3-5-8-23)28-21-36(2)32(40)30(35-28)33-25-14-12-24(13-15-25)31(39)37-17-19-41-20-18-37/h3-16,21H,17-20H2,1-2H3,(H,33,35)(H,34,38)/b16-11+. The molecule has 1 saturated heterocycles. The number of hydrogen-bond donors (Lipinski definition) is 2. The smallest absolute Gasteiger partial charge is 0.293 e. The van der Waals surface area contributed by atoms with Crippen molar-refractivity contribution >= 4 is 35.1 Å². The maximum atomic E-state index is 12.9. The Morgan fingerprint density at radius 2 is 1.68 bits per heavy atom. The fraction of sp³-hybridized carbons (Fsp3) is 0.188. The van der Waals surface area contributed by atoms with Gasteiger partial charge in [0.1, 0.15) is 0 Å². The highest BCUT2D eigenvalue weighted by molar-refractivity contribution is 6.02. The molecular formula is C32H31N5O4. The van der Waals surface area contributed by atoms with Crippen molar-refractivity contribution in [2.24, 2.45) is 7.05 Å². The number of amides is 2. The van der Waals surface area contributed by atoms with Crippen LogP contribution < -0.4 is 16.2 Å². The summed E-state index contributed by atoms with van der Waals surface area (Å²) in [7, 11) is 1.66. The largest absolute Gasteiger partial charge is 0.378 e. The summed E-state index contributed by atoms with van der Waals surface area (Å²) in [6, 6.07) is 22.1. The monoisotopic (exact) mass is 549 g/mol. The highest BCUT2D eigenvalue weighted by atomic mass is 16.5. The summed E-state index contributed by atoms with van der Waals surface area (Å²) in [6.45, 7) is 4.12. The Morgan fingerprint density at radius 1 is 0.951 bits per heavy atom. The van der Waals surface area contributed by atoms with E-state index in [0.29, 0.717) is 48.9 Å². The summed E-state index contributed by atoms with van der Waals surface area (Å²) in [4.78, 5) is 44.7. The molecule has 2 N–H and O–H groups in total. The molecule has 2 heterocycles. The third-order valence-corrected chi connectivity index (χ3v) is 6.86. The van der Waals surface area contributed by atoms with Crippen molar-refractivity contribution in [3.05, 3.63) is 112 Å². The van der Waals surface area contributed by atoms with E-state index in [0.717, 1.165) is 16.7 Å². The topological polar surface area (TPSA) is 106 Å². The van der Waals surface area contributed by atoms with Gasteiger partial charge in [-0.25, -0.2) is 4.98 Å². The van der Waals surface area contributed by atoms with Gasteiger partial charge in [-0.05, 0) is 54.5 Å². The number of anilines is 3. The number of carbonyl (C=O) groups excluding carboxylic acids is 2. The average Bonchev–Trinajstić information content (AvgIpc) is 3.00. The van der Waals surface area contributed by atoms with Crippen LogP contribution in [0.4, 0.5) is 17.2 Å². The van der Waals surface area contributed by atoms with Gasteiger partial charge in [-0.2, -0.15) is 0 Å². The Balaban J connectivity index is 1.34. The van der Waals surface area contributed by atoms with E-state index in [2.05, 4.69) is 15.6 Å². The molecule has 1 aliphatic heterocycles. The van der Waals surface area contributed by atoms with Crippen LogP contribution in [0.15, 0.2) is 89.9 Å². The van der Waals surface area contributed by atoms with E-state index < -0.39 is 0 Å². The molecule has 0 unspecified atom stereocenters. The highest BCUT2D eigenvalue weighted by Gasteiger charge is 2.19. The first-order valence-corrected chi connectivity index (χ1v) is 13.3. The second-order valence-corrected chi connectivity index (χ2v) is 9.71. The number of carbonyl (C=O) groups is 2. The lowest BCUT2D eigenvalue weighted by molar-refractivity contribution is -0.111. The van der Waals surface area contributed by atoms with Crippen molar-refractivity contribution in [2.45, 2.75) is 6.92 Å². The molecule has 1 aromatic heterocycles. The zero-order valence-electron chi connectivity index (χ0n) is 23.0. The predicted molar refractivity (Wildman–Crippen MR) is 160 cm³/mol. The lowest BCUT2D eigenvalue weighted by Crippen LogP contribution is -2.40. The van der Waals surface area contributed by atoms with Gasteiger partial charge in [-0.1, -0.05) is 42.5 Å². The number of ether oxygens (including phenoxy) is 1. The van der Waals surface area contributed by atoms with Crippen molar-refractivity contribution in [2.75, 3.05) is 36.9 Å². The molecule has 9 nitrogen and oxygen atoms in total. The number of hydrogen-bond acceptors (Lipinski definition) is 6. The van der Waals surface area contributed by atoms with Crippen LogP contribution in [0.3, 0.4) is 0 Å². The van der Waals surface area contributed by atoms with Crippen LogP contribution in [0.25, 0.3) is 17.3 Å². The van der Waals surface area contributed by atoms with E-state index in [-0.39, 0.29) is 23.2 Å². The molecule has 9 heteroatoms. The summed E-state index contributed by atoms with van der Waals surface area (Å²) < 4.78 is 6.79. The fourth-order valence-electron chi connectivity index (χ4n) is 4.56. The van der Waals surface area contributed by atoms with Crippen LogP contribution in [0.5, 0.6) is 0 Å². The van der Waals surface area contributed by atoms with Crippen molar-refractivity contribution in [1.82, 2.24) is 14.5 Å². The molecule has 3 aromatic carbocycles. The van der Waals surface area contributed by atoms with Gasteiger partial charge in [0.25, 0.3) is 11.5 Å². The first kappa shape index (κ1) is 27.5. The van der Waals surface area contributed by atoms with E-state index in [9.17, 15) is 14.4 Å². The lowest BCUT2D eigenvalue weighted by atomic mass is 10.0. The normalized spacial score (nSPS) is 13.3. The van der Waals surface area contributed by atoms with Crippen LogP contribution >= 0.6 is 0 Å². The lowest BCUT2D eigenvalue weighted by Gasteiger charge is -2.26. The Bertz CT molecular complexity index is 1640. The van der Waals surface area contributed by atoms with E-state index in [1.54, 1.807) is 48.5 Å². The van der Waals surface area contributed by atoms with E-state index >= 15 is 0 Å². The molecule has 1 fully saturated rings. The number of aromatic nitrogens is 2. The van der Waals surface area contributed by atoms with Crippen molar-refractivity contribution < 1.29 is 14.3 Å². The summed E-state index contributed by atoms with van der Waals surface area (Å²) in [5.74, 6) is -0.147. The first-order chi connectivity index (χ1) is 19.9. The Hall–Kier alpha value is -5.02. The summed E-state index contributed by atoms with van der Waals surface area (Å²) >= 11 is 0. The quantitative estimate of drug-likeness (QED) is 0.326. The summed E-state index contributed by atoms with van der Waals surface area (Å²) in [5, 5.41) is 6.03. The molecular weight excluding hydrogens is 518 g/mol. The minimum absolute atomic E-state index is 0.0473. The molecule has 0 bridgehead atoms. The molecule has 0 saturated carbocycles. The molecule has 0 aliphatic carbocycles. The van der Waals surface area contributed by atoms with E-state index in [1.807, 2.05) is 55.5 Å². The summed E-state index contributed by atoms with van der Waals surface area (Å²) in [5.41, 5.74) is 4.65. The minimum Gasteiger partial charge on any atom is -0.378 e. The van der Waals surface area contributed by atoms with Gasteiger partial charge in [0.05, 0.1) is 18.9 Å². The molecule has 0 radical (unpaired) electrons. The fourth-order valence-corrected chi connectivity index (χ4v) is 4.56. The van der Waals surface area contributed by atoms with Gasteiger partial charge in [0.2, 0.25) is 5.91 Å². The number of benzene rings is 3. The molecule has 41 heavy (non-hydrogen) atoms. The SMILES string of the molecule is Cc1c(NC(=O)/C=C/c2ccccc2)cccc1-c1cn(C)c(=O)c(Nc2ccc(C(=O)N3CCOCC3)cc2)n1. The zero-order valence-corrected chi connectivity index (χ0v) is 23.0. The van der Waals surface area contributed by atoms with Gasteiger partial charge in [-0.3, -0.25) is 14.4 Å². The van der Waals surface area contributed by atoms with Gasteiger partial charge >= 0.3 is 0 Å². The van der Waals surface area contributed by atoms with Crippen LogP contribution in [0.1, 0.15) is 21.5 Å². The van der Waals surface area contributed by atoms with Crippen LogP contribution in [0, 0.1) is 6.92 Å². The van der Waals surface area contributed by atoms with Crippen LogP contribution in [0.2, 0.25) is 0 Å². The molecule has 208 valence electrons. The number of nitrogens with one attached hydrogen (secondary N) is 2. The van der Waals surface area contributed by atoms with E-state index in [1.165, 1.54) is 10.6 Å². The zero-order chi connectivity index (χ0) is 28.8. The minimum atomic E-state index is -0.296. The van der Waals surface area contributed by atoms with Crippen molar-refractivity contribution in [3.8, 4) is 11.3 Å². The van der Waals surface area contributed by atoms with Crippen LogP contribution in [-0.4, -0.2) is 52.6 Å². The molecule has 5 rings (SSSR count). The maximum Gasteiger partial charge on any atom is 0.293 e. The number of rotatable bonds is 7. The first-order valence-electron chi connectivity index (χ1n) is 13.3. The van der Waals surface area contributed by atoms with Gasteiger partial charge in [0, 0.05) is 54.9 Å². The molecule has 1 aliphatic rings. The maximum absolute atomic E-state index is 12.9. The van der Waals surface area contributed by atoms with Gasteiger partial charge in [-0.15, -0.1) is 0 Å². The van der Waals surface area contributed by atoms with Crippen LogP contribution in [-0.2, 0) is 16.6 Å². The molecule has 0 spiro atoms. The molecule has 0 atom stereocenters. The third kappa shape index (κ3) is 6.59. The third-order valence-electron chi connectivity index (χ3n) is 6.86. The highest BCUT2D eigenvalue weighted by Crippen LogP contribution is 2.28. The van der Waals surface area contributed by atoms with E-state index in [4.69, 9.17) is 4.74 Å². The Labute approximate surface area is 238 Å². The van der Waals surface area contributed by atoms with Crippen molar-refractivity contribution in [1.29, 1.82) is 0 Å².